The Morgan fingerprint density at radius 2 is 1.41 bits per heavy atom. The molecule has 1 heterocycles. The van der Waals surface area contributed by atoms with Gasteiger partial charge in [0.15, 0.2) is 0 Å². The maximum absolute atomic E-state index is 4.36. The third-order valence-corrected chi connectivity index (χ3v) is 7.18. The Morgan fingerprint density at radius 1 is 0.649 bits per heavy atom. The van der Waals surface area contributed by atoms with Gasteiger partial charge in [0, 0.05) is 17.6 Å². The zero-order chi connectivity index (χ0) is 25.2. The number of nitrogens with zero attached hydrogens (tertiary/aromatic N) is 2. The fourth-order valence-electron chi connectivity index (χ4n) is 5.63. The second kappa shape index (κ2) is 9.91. The molecule has 5 aromatic rings. The van der Waals surface area contributed by atoms with E-state index < -0.39 is 0 Å². The first-order valence-corrected chi connectivity index (χ1v) is 13.2. The number of para-hydroxylation sites is 1. The largest absolute Gasteiger partial charge is 0.309 e. The minimum absolute atomic E-state index is 1.04. The van der Waals surface area contributed by atoms with Crippen molar-refractivity contribution >= 4 is 39.0 Å². The fourth-order valence-corrected chi connectivity index (χ4v) is 5.63. The van der Waals surface area contributed by atoms with E-state index in [1.54, 1.807) is 0 Å². The highest BCUT2D eigenvalue weighted by Gasteiger charge is 2.25. The molecule has 7 rings (SSSR count). The lowest BCUT2D eigenvalue weighted by atomic mass is 9.93. The van der Waals surface area contributed by atoms with Crippen molar-refractivity contribution in [3.05, 3.63) is 133 Å². The average Bonchev–Trinajstić information content (AvgIpc) is 3.31. The van der Waals surface area contributed by atoms with E-state index in [4.69, 9.17) is 0 Å². The lowest BCUT2D eigenvalue weighted by Crippen LogP contribution is -2.09. The van der Waals surface area contributed by atoms with Crippen LogP contribution in [0.2, 0.25) is 0 Å². The van der Waals surface area contributed by atoms with Crippen molar-refractivity contribution in [2.24, 2.45) is 0 Å². The highest BCUT2D eigenvalue weighted by molar-refractivity contribution is 6.19. The molecule has 0 aliphatic heterocycles. The summed E-state index contributed by atoms with van der Waals surface area (Å²) in [6.45, 7) is 4.00. The molecule has 0 amide bonds. The summed E-state index contributed by atoms with van der Waals surface area (Å²) in [4.78, 5) is 6.60. The lowest BCUT2D eigenvalue weighted by Gasteiger charge is -2.25. The van der Waals surface area contributed by atoms with Crippen LogP contribution in [0.15, 0.2) is 122 Å². The summed E-state index contributed by atoms with van der Waals surface area (Å²) >= 11 is 0. The van der Waals surface area contributed by atoms with Gasteiger partial charge in [-0.05, 0) is 93.4 Å². The molecule has 0 saturated heterocycles. The molecule has 0 atom stereocenters. The van der Waals surface area contributed by atoms with E-state index in [1.165, 1.54) is 44.2 Å². The molecule has 0 spiro atoms. The van der Waals surface area contributed by atoms with Crippen LogP contribution in [0.4, 0.5) is 17.1 Å². The molecule has 0 N–H and O–H groups in total. The second-order valence-corrected chi connectivity index (χ2v) is 9.15. The molecule has 0 saturated carbocycles. The molecule has 2 heteroatoms. The quantitative estimate of drug-likeness (QED) is 0.255. The highest BCUT2D eigenvalue weighted by Crippen LogP contribution is 2.48. The molecular formula is C35H30N2. The Bertz CT molecular complexity index is 1570. The van der Waals surface area contributed by atoms with Crippen LogP contribution in [0, 0.1) is 0 Å². The van der Waals surface area contributed by atoms with Crippen LogP contribution < -0.4 is 4.90 Å². The van der Waals surface area contributed by atoms with Crippen LogP contribution in [-0.2, 0) is 0 Å². The maximum atomic E-state index is 4.36. The van der Waals surface area contributed by atoms with E-state index in [-0.39, 0.29) is 0 Å². The van der Waals surface area contributed by atoms with Gasteiger partial charge in [0.05, 0.1) is 11.9 Å². The summed E-state index contributed by atoms with van der Waals surface area (Å²) in [5, 5.41) is 2.75. The van der Waals surface area contributed by atoms with E-state index in [0.717, 1.165) is 29.9 Å². The molecule has 2 aliphatic carbocycles. The van der Waals surface area contributed by atoms with Gasteiger partial charge in [-0.2, -0.15) is 0 Å². The monoisotopic (exact) mass is 478 g/mol. The Kier molecular flexibility index (Phi) is 6.16. The van der Waals surface area contributed by atoms with Crippen molar-refractivity contribution in [2.45, 2.75) is 26.7 Å². The molecular weight excluding hydrogens is 448 g/mol. The van der Waals surface area contributed by atoms with Gasteiger partial charge in [-0.25, -0.2) is 0 Å². The number of allylic oxidation sites excluding steroid dienone is 4. The Balaban J connectivity index is 0.00000123. The molecule has 2 aliphatic rings. The summed E-state index contributed by atoms with van der Waals surface area (Å²) in [7, 11) is 0. The molecule has 0 bridgehead atoms. The first-order chi connectivity index (χ1) is 18.4. The molecule has 4 aromatic carbocycles. The van der Waals surface area contributed by atoms with Crippen molar-refractivity contribution < 1.29 is 0 Å². The van der Waals surface area contributed by atoms with Crippen LogP contribution in [0.1, 0.15) is 37.8 Å². The topological polar surface area (TPSA) is 16.1 Å². The minimum atomic E-state index is 1.04. The highest BCUT2D eigenvalue weighted by atomic mass is 15.1. The summed E-state index contributed by atoms with van der Waals surface area (Å²) in [5.41, 5.74) is 11.5. The van der Waals surface area contributed by atoms with Crippen LogP contribution in [0.3, 0.4) is 0 Å². The van der Waals surface area contributed by atoms with Gasteiger partial charge in [0.25, 0.3) is 0 Å². The Morgan fingerprint density at radius 3 is 2.19 bits per heavy atom. The van der Waals surface area contributed by atoms with Crippen molar-refractivity contribution in [3.63, 3.8) is 0 Å². The summed E-state index contributed by atoms with van der Waals surface area (Å²) in [6.07, 6.45) is 10.6. The zero-order valence-electron chi connectivity index (χ0n) is 21.4. The molecule has 1 aromatic heterocycles. The van der Waals surface area contributed by atoms with Gasteiger partial charge < -0.3 is 4.90 Å². The van der Waals surface area contributed by atoms with Crippen LogP contribution in [-0.4, -0.2) is 4.98 Å². The standard InChI is InChI=1S/C33H24N2.C2H6/c1-2-8-24(9-3-1)35(26-10-7-21-34-22-26)25-17-15-23(16-18-25)27-19-20-32-29-12-5-4-11-28(29)31-14-6-13-30(27)33(31)32;1-2/h1-3,5-10,12-22H,4,11H2;1-2H3. The van der Waals surface area contributed by atoms with E-state index in [2.05, 4.69) is 107 Å². The maximum Gasteiger partial charge on any atom is 0.0644 e. The normalized spacial score (nSPS) is 13.2. The third-order valence-electron chi connectivity index (χ3n) is 7.18. The van der Waals surface area contributed by atoms with Crippen LogP contribution >= 0.6 is 0 Å². The molecule has 0 unspecified atom stereocenters. The van der Waals surface area contributed by atoms with Gasteiger partial charge in [-0.3, -0.25) is 4.98 Å². The van der Waals surface area contributed by atoms with Gasteiger partial charge in [-0.15, -0.1) is 0 Å². The number of aromatic nitrogens is 1. The number of anilines is 3. The zero-order valence-corrected chi connectivity index (χ0v) is 21.4. The Labute approximate surface area is 219 Å². The molecule has 0 fully saturated rings. The number of benzene rings is 4. The fraction of sp³-hybridized carbons (Fsp3) is 0.114. The van der Waals surface area contributed by atoms with Crippen LogP contribution in [0.5, 0.6) is 0 Å². The van der Waals surface area contributed by atoms with Crippen LogP contribution in [0.25, 0.3) is 33.0 Å². The smallest absolute Gasteiger partial charge is 0.0644 e. The number of hydrogen-bond donors (Lipinski definition) is 0. The second-order valence-electron chi connectivity index (χ2n) is 9.15. The molecule has 180 valence electrons. The summed E-state index contributed by atoms with van der Waals surface area (Å²) in [5.74, 6) is 0. The van der Waals surface area contributed by atoms with E-state index in [9.17, 15) is 0 Å². The first-order valence-electron chi connectivity index (χ1n) is 13.2. The van der Waals surface area contributed by atoms with E-state index in [0.29, 0.717) is 0 Å². The third kappa shape index (κ3) is 3.95. The van der Waals surface area contributed by atoms with Gasteiger partial charge in [-0.1, -0.05) is 86.7 Å². The van der Waals surface area contributed by atoms with Crippen molar-refractivity contribution in [1.29, 1.82) is 0 Å². The first kappa shape index (κ1) is 23.0. The van der Waals surface area contributed by atoms with Crippen molar-refractivity contribution in [2.75, 3.05) is 4.90 Å². The molecule has 2 nitrogen and oxygen atoms in total. The number of fused-ring (bicyclic) bond motifs is 2. The van der Waals surface area contributed by atoms with E-state index in [1.807, 2.05) is 38.4 Å². The Hall–Kier alpha value is -4.43. The van der Waals surface area contributed by atoms with Gasteiger partial charge in [0.1, 0.15) is 0 Å². The number of hydrogen-bond acceptors (Lipinski definition) is 2. The summed E-state index contributed by atoms with van der Waals surface area (Å²) in [6, 6.07) is 34.9. The predicted octanol–water partition coefficient (Wildman–Crippen LogP) is 9.97. The number of pyridine rings is 1. The van der Waals surface area contributed by atoms with Gasteiger partial charge in [0.2, 0.25) is 0 Å². The summed E-state index contributed by atoms with van der Waals surface area (Å²) < 4.78 is 0. The van der Waals surface area contributed by atoms with Crippen molar-refractivity contribution in [1.82, 2.24) is 4.98 Å². The lowest BCUT2D eigenvalue weighted by molar-refractivity contribution is 1.06. The van der Waals surface area contributed by atoms with E-state index >= 15 is 0 Å². The predicted molar refractivity (Wildman–Crippen MR) is 158 cm³/mol. The molecule has 37 heavy (non-hydrogen) atoms. The van der Waals surface area contributed by atoms with Gasteiger partial charge >= 0.3 is 0 Å². The average molecular weight is 479 g/mol. The van der Waals surface area contributed by atoms with Crippen molar-refractivity contribution in [3.8, 4) is 11.1 Å². The minimum Gasteiger partial charge on any atom is -0.309 e. The molecule has 0 radical (unpaired) electrons. The number of rotatable bonds is 4. The SMILES string of the molecule is C1=CC2=C(CC1)c1cccc3c(-c4ccc(N(c5ccccc5)c5cccnc5)cc4)ccc2c13.CC.